The molecule has 21 heavy (non-hydrogen) atoms. The van der Waals surface area contributed by atoms with Crippen molar-refractivity contribution in [1.29, 1.82) is 0 Å². The Morgan fingerprint density at radius 1 is 1.38 bits per heavy atom. The van der Waals surface area contributed by atoms with Gasteiger partial charge in [0.15, 0.2) is 0 Å². The fraction of sp³-hybridized carbons (Fsp3) is 0.765. The summed E-state index contributed by atoms with van der Waals surface area (Å²) in [6, 6.07) is 4.52. The second-order valence-electron chi connectivity index (χ2n) is 6.82. The first-order chi connectivity index (χ1) is 10.1. The molecule has 0 amide bonds. The number of ether oxygens (including phenoxy) is 1. The molecule has 1 spiro atoms. The fourth-order valence-corrected chi connectivity index (χ4v) is 4.83. The van der Waals surface area contributed by atoms with Gasteiger partial charge in [0.1, 0.15) is 0 Å². The Labute approximate surface area is 132 Å². The summed E-state index contributed by atoms with van der Waals surface area (Å²) in [6.45, 7) is 10.9. The number of thiophene rings is 1. The third-order valence-electron chi connectivity index (χ3n) is 5.12. The van der Waals surface area contributed by atoms with Crippen LogP contribution in [0.3, 0.4) is 0 Å². The van der Waals surface area contributed by atoms with Crippen LogP contribution >= 0.6 is 11.3 Å². The van der Waals surface area contributed by atoms with Gasteiger partial charge in [-0.25, -0.2) is 0 Å². The molecule has 4 heteroatoms. The Bertz CT molecular complexity index is 465. The molecule has 3 nitrogen and oxygen atoms in total. The van der Waals surface area contributed by atoms with Crippen LogP contribution in [0, 0.1) is 12.8 Å². The second kappa shape index (κ2) is 6.37. The molecule has 2 aliphatic heterocycles. The quantitative estimate of drug-likeness (QED) is 0.832. The molecule has 0 bridgehead atoms. The summed E-state index contributed by atoms with van der Waals surface area (Å²) in [5, 5.41) is 0. The number of likely N-dealkylation sites (tertiary alicyclic amines) is 2. The smallest absolute Gasteiger partial charge is 0.0495 e. The van der Waals surface area contributed by atoms with Crippen molar-refractivity contribution < 1.29 is 4.74 Å². The van der Waals surface area contributed by atoms with Gasteiger partial charge in [-0.2, -0.15) is 0 Å². The van der Waals surface area contributed by atoms with E-state index in [9.17, 15) is 0 Å². The summed E-state index contributed by atoms with van der Waals surface area (Å²) in [7, 11) is 2.31. The van der Waals surface area contributed by atoms with Crippen LogP contribution in [-0.2, 0) is 11.3 Å². The van der Waals surface area contributed by atoms with Gasteiger partial charge < -0.3 is 4.74 Å². The van der Waals surface area contributed by atoms with E-state index in [0.717, 1.165) is 25.7 Å². The summed E-state index contributed by atoms with van der Waals surface area (Å²) in [5.74, 6) is 0.757. The minimum Gasteiger partial charge on any atom is -0.381 e. The Morgan fingerprint density at radius 3 is 2.86 bits per heavy atom. The number of nitrogens with zero attached hydrogens (tertiary/aromatic N) is 2. The highest BCUT2D eigenvalue weighted by Gasteiger charge is 2.49. The molecule has 0 N–H and O–H groups in total. The number of likely N-dealkylation sites (N-methyl/N-ethyl adjacent to an activating group) is 1. The highest BCUT2D eigenvalue weighted by molar-refractivity contribution is 7.11. The van der Waals surface area contributed by atoms with Crippen LogP contribution in [0.5, 0.6) is 0 Å². The zero-order valence-electron chi connectivity index (χ0n) is 13.6. The van der Waals surface area contributed by atoms with Gasteiger partial charge >= 0.3 is 0 Å². The topological polar surface area (TPSA) is 15.7 Å². The molecule has 1 aromatic rings. The minimum atomic E-state index is 0.423. The second-order valence-corrected chi connectivity index (χ2v) is 8.19. The molecule has 0 radical (unpaired) electrons. The third kappa shape index (κ3) is 3.34. The molecule has 1 aromatic heterocycles. The lowest BCUT2D eigenvalue weighted by atomic mass is 9.75. The Morgan fingerprint density at radius 2 is 2.19 bits per heavy atom. The van der Waals surface area contributed by atoms with E-state index in [4.69, 9.17) is 4.74 Å². The number of hydrogen-bond acceptors (Lipinski definition) is 4. The van der Waals surface area contributed by atoms with Gasteiger partial charge in [0.25, 0.3) is 0 Å². The number of aryl methyl sites for hydroxylation is 1. The summed E-state index contributed by atoms with van der Waals surface area (Å²) in [5.41, 5.74) is 0.423. The van der Waals surface area contributed by atoms with Gasteiger partial charge in [0, 0.05) is 48.1 Å². The molecule has 3 rings (SSSR count). The van der Waals surface area contributed by atoms with E-state index in [1.54, 1.807) is 0 Å². The monoisotopic (exact) mass is 308 g/mol. The first-order valence-corrected chi connectivity index (χ1v) is 8.99. The highest BCUT2D eigenvalue weighted by atomic mass is 32.1. The molecule has 2 aliphatic rings. The zero-order valence-corrected chi connectivity index (χ0v) is 14.4. The van der Waals surface area contributed by atoms with E-state index in [2.05, 4.69) is 42.8 Å². The van der Waals surface area contributed by atoms with Crippen LogP contribution in [0.2, 0.25) is 0 Å². The van der Waals surface area contributed by atoms with Crippen LogP contribution < -0.4 is 0 Å². The lowest BCUT2D eigenvalue weighted by Crippen LogP contribution is -2.71. The van der Waals surface area contributed by atoms with Crippen molar-refractivity contribution in [3.63, 3.8) is 0 Å². The standard InChI is InChI=1S/C17H28N2OS/c1-4-20-11-15-7-8-18(3)17(9-15)12-19(13-17)10-16-6-5-14(2)21-16/h5-6,15H,4,7-13H2,1-3H3/t15-/m0/s1. The zero-order chi connectivity index (χ0) is 14.9. The molecule has 2 fully saturated rings. The number of hydrogen-bond donors (Lipinski definition) is 0. The number of rotatable bonds is 5. The molecule has 118 valence electrons. The van der Waals surface area contributed by atoms with Crippen LogP contribution in [0.1, 0.15) is 29.5 Å². The Balaban J connectivity index is 1.53. The van der Waals surface area contributed by atoms with Gasteiger partial charge in [0.05, 0.1) is 0 Å². The summed E-state index contributed by atoms with van der Waals surface area (Å²) in [6.07, 6.45) is 2.60. The molecular weight excluding hydrogens is 280 g/mol. The summed E-state index contributed by atoms with van der Waals surface area (Å²) in [4.78, 5) is 8.13. The van der Waals surface area contributed by atoms with Crippen LogP contribution in [0.15, 0.2) is 12.1 Å². The summed E-state index contributed by atoms with van der Waals surface area (Å²) < 4.78 is 5.66. The first-order valence-electron chi connectivity index (χ1n) is 8.18. The predicted octanol–water partition coefficient (Wildman–Crippen LogP) is 2.99. The molecule has 2 saturated heterocycles. The van der Waals surface area contributed by atoms with Crippen molar-refractivity contribution in [3.05, 3.63) is 21.9 Å². The SMILES string of the molecule is CCOC[C@H]1CCN(C)C2(C1)CN(Cc1ccc(C)s1)C2. The maximum absolute atomic E-state index is 5.66. The first kappa shape index (κ1) is 15.5. The summed E-state index contributed by atoms with van der Waals surface area (Å²) >= 11 is 1.94. The maximum atomic E-state index is 5.66. The Hall–Kier alpha value is -0.420. The van der Waals surface area contributed by atoms with E-state index in [-0.39, 0.29) is 0 Å². The van der Waals surface area contributed by atoms with Gasteiger partial charge in [-0.15, -0.1) is 11.3 Å². The van der Waals surface area contributed by atoms with Crippen molar-refractivity contribution >= 4 is 11.3 Å². The molecule has 0 unspecified atom stereocenters. The van der Waals surface area contributed by atoms with E-state index >= 15 is 0 Å². The molecule has 0 saturated carbocycles. The van der Waals surface area contributed by atoms with Crippen molar-refractivity contribution in [1.82, 2.24) is 9.80 Å². The third-order valence-corrected chi connectivity index (χ3v) is 6.11. The molecular formula is C17H28N2OS. The van der Waals surface area contributed by atoms with Gasteiger partial charge in [-0.1, -0.05) is 0 Å². The average Bonchev–Trinajstić information content (AvgIpc) is 2.83. The van der Waals surface area contributed by atoms with Crippen molar-refractivity contribution in [2.24, 2.45) is 5.92 Å². The Kier molecular flexibility index (Phi) is 4.69. The van der Waals surface area contributed by atoms with E-state index in [1.165, 1.54) is 42.2 Å². The fourth-order valence-electron chi connectivity index (χ4n) is 3.89. The average molecular weight is 308 g/mol. The lowest BCUT2D eigenvalue weighted by Gasteiger charge is -2.58. The highest BCUT2D eigenvalue weighted by Crippen LogP contribution is 2.39. The van der Waals surface area contributed by atoms with Gasteiger partial charge in [-0.3, -0.25) is 9.80 Å². The van der Waals surface area contributed by atoms with E-state index in [1.807, 2.05) is 11.3 Å². The van der Waals surface area contributed by atoms with Gasteiger partial charge in [0.2, 0.25) is 0 Å². The molecule has 0 aliphatic carbocycles. The lowest BCUT2D eigenvalue weighted by molar-refractivity contribution is -0.0919. The van der Waals surface area contributed by atoms with Crippen molar-refractivity contribution in [3.8, 4) is 0 Å². The normalized spacial score (nSPS) is 26.1. The number of piperidine rings is 1. The largest absolute Gasteiger partial charge is 0.381 e. The van der Waals surface area contributed by atoms with E-state index < -0.39 is 0 Å². The molecule has 0 aromatic carbocycles. The maximum Gasteiger partial charge on any atom is 0.0495 e. The van der Waals surface area contributed by atoms with Crippen molar-refractivity contribution in [2.75, 3.05) is 39.9 Å². The molecule has 3 heterocycles. The predicted molar refractivity (Wildman–Crippen MR) is 88.9 cm³/mol. The van der Waals surface area contributed by atoms with E-state index in [0.29, 0.717) is 5.54 Å². The van der Waals surface area contributed by atoms with Gasteiger partial charge in [-0.05, 0) is 58.3 Å². The van der Waals surface area contributed by atoms with Crippen LogP contribution in [-0.4, -0.2) is 55.2 Å². The minimum absolute atomic E-state index is 0.423. The van der Waals surface area contributed by atoms with Crippen molar-refractivity contribution in [2.45, 2.75) is 38.8 Å². The van der Waals surface area contributed by atoms with Crippen LogP contribution in [0.25, 0.3) is 0 Å². The molecule has 1 atom stereocenters. The van der Waals surface area contributed by atoms with Crippen LogP contribution in [0.4, 0.5) is 0 Å².